The first-order chi connectivity index (χ1) is 5.50. The van der Waals surface area contributed by atoms with Crippen molar-refractivity contribution in [1.82, 2.24) is 0 Å². The van der Waals surface area contributed by atoms with E-state index in [1.807, 2.05) is 0 Å². The second kappa shape index (κ2) is 5.74. The Balaban J connectivity index is 0. The maximum absolute atomic E-state index is 11.3. The molecule has 0 unspecified atom stereocenters. The molecule has 0 aromatic rings. The van der Waals surface area contributed by atoms with Crippen molar-refractivity contribution in [3.8, 4) is 0 Å². The van der Waals surface area contributed by atoms with Crippen molar-refractivity contribution in [2.75, 3.05) is 6.67 Å². The third-order valence-corrected chi connectivity index (χ3v) is 0.729. The first kappa shape index (κ1) is 15.6. The second-order valence-corrected chi connectivity index (χ2v) is 2.88. The lowest BCUT2D eigenvalue weighted by Gasteiger charge is -2.04. The van der Waals surface area contributed by atoms with Crippen LogP contribution in [0.2, 0.25) is 0 Å². The molecular formula is C4H3Cl2F7. The van der Waals surface area contributed by atoms with Gasteiger partial charge in [0.15, 0.2) is 6.67 Å². The molecule has 0 aromatic carbocycles. The topological polar surface area (TPSA) is 0 Å². The van der Waals surface area contributed by atoms with Gasteiger partial charge in [0.1, 0.15) is 0 Å². The van der Waals surface area contributed by atoms with Crippen LogP contribution in [-0.2, 0) is 0 Å². The van der Waals surface area contributed by atoms with Gasteiger partial charge in [-0.2, -0.15) is 13.2 Å². The molecule has 0 fully saturated rings. The van der Waals surface area contributed by atoms with Crippen molar-refractivity contribution in [2.24, 2.45) is 0 Å². The molecule has 0 aliphatic heterocycles. The highest BCUT2D eigenvalue weighted by Gasteiger charge is 2.34. The van der Waals surface area contributed by atoms with Crippen molar-refractivity contribution in [1.29, 1.82) is 0 Å². The highest BCUT2D eigenvalue weighted by Crippen LogP contribution is 2.29. The largest absolute Gasteiger partial charge is 0.416 e. The predicted octanol–water partition coefficient (Wildman–Crippen LogP) is 3.87. The monoisotopic (exact) mass is 254 g/mol. The average molecular weight is 255 g/mol. The molecule has 0 aliphatic carbocycles. The van der Waals surface area contributed by atoms with Crippen LogP contribution < -0.4 is 0 Å². The van der Waals surface area contributed by atoms with E-state index in [0.717, 1.165) is 0 Å². The van der Waals surface area contributed by atoms with Crippen LogP contribution in [0.5, 0.6) is 0 Å². The lowest BCUT2D eigenvalue weighted by atomic mass is 10.8. The molecule has 0 aromatic heterocycles. The zero-order valence-electron chi connectivity index (χ0n) is 5.69. The van der Waals surface area contributed by atoms with Gasteiger partial charge in [0.2, 0.25) is 0 Å². The van der Waals surface area contributed by atoms with E-state index in [1.54, 1.807) is 0 Å². The summed E-state index contributed by atoms with van der Waals surface area (Å²) in [6.07, 6.45) is -7.96. The molecule has 82 valence electrons. The molecule has 0 heterocycles. The SMILES string of the molecule is FC(F)C(F)(Cl)Cl.FCC(F)(F)F. The number of hydrogen-bond donors (Lipinski definition) is 0. The van der Waals surface area contributed by atoms with Crippen molar-refractivity contribution in [2.45, 2.75) is 17.2 Å². The fourth-order valence-electron chi connectivity index (χ4n) is 0. The van der Waals surface area contributed by atoms with Crippen LogP contribution in [0, 0.1) is 0 Å². The third-order valence-electron chi connectivity index (χ3n) is 0.399. The standard InChI is InChI=1S/C2HCl2F3.C2H2F4/c3-2(4,7)1(5)6;3-1-2(4,5)6/h1H;1H2. The lowest BCUT2D eigenvalue weighted by molar-refractivity contribution is -0.142. The maximum atomic E-state index is 11.3. The van der Waals surface area contributed by atoms with Crippen molar-refractivity contribution >= 4 is 23.2 Å². The average Bonchev–Trinajstić information content (AvgIpc) is 1.85. The van der Waals surface area contributed by atoms with Crippen molar-refractivity contribution < 1.29 is 30.7 Å². The van der Waals surface area contributed by atoms with E-state index in [1.165, 1.54) is 0 Å². The fraction of sp³-hybridized carbons (Fsp3) is 1.00. The minimum atomic E-state index is -4.62. The summed E-state index contributed by atoms with van der Waals surface area (Å²) >= 11 is 8.43. The van der Waals surface area contributed by atoms with Crippen molar-refractivity contribution in [3.05, 3.63) is 0 Å². The molecule has 0 saturated carbocycles. The van der Waals surface area contributed by atoms with Crippen LogP contribution >= 0.6 is 23.2 Å². The normalized spacial score (nSPS) is 12.5. The van der Waals surface area contributed by atoms with Gasteiger partial charge in [-0.15, -0.1) is 0 Å². The Hall–Kier alpha value is 0.0900. The zero-order valence-corrected chi connectivity index (χ0v) is 7.20. The van der Waals surface area contributed by atoms with Gasteiger partial charge < -0.3 is 0 Å². The van der Waals surface area contributed by atoms with E-state index in [-0.39, 0.29) is 0 Å². The van der Waals surface area contributed by atoms with Crippen molar-refractivity contribution in [3.63, 3.8) is 0 Å². The van der Waals surface area contributed by atoms with E-state index >= 15 is 0 Å². The van der Waals surface area contributed by atoms with Crippen LogP contribution in [0.25, 0.3) is 0 Å². The predicted molar refractivity (Wildman–Crippen MR) is 33.6 cm³/mol. The van der Waals surface area contributed by atoms with Crippen LogP contribution in [0.4, 0.5) is 30.7 Å². The summed E-state index contributed by atoms with van der Waals surface area (Å²) in [7, 11) is 0. The van der Waals surface area contributed by atoms with E-state index in [9.17, 15) is 30.7 Å². The number of rotatable bonds is 1. The first-order valence-corrected chi connectivity index (χ1v) is 3.24. The molecule has 13 heavy (non-hydrogen) atoms. The molecule has 0 atom stereocenters. The summed E-state index contributed by atoms with van der Waals surface area (Å²) in [6.45, 7) is -2.23. The molecule has 0 amide bonds. The number of halogens is 9. The minimum Gasteiger partial charge on any atom is -0.241 e. The van der Waals surface area contributed by atoms with Crippen LogP contribution in [0.1, 0.15) is 0 Å². The van der Waals surface area contributed by atoms with E-state index in [2.05, 4.69) is 23.2 Å². The molecule has 0 spiro atoms. The highest BCUT2D eigenvalue weighted by molar-refractivity contribution is 6.47. The quantitative estimate of drug-likeness (QED) is 0.492. The lowest BCUT2D eigenvalue weighted by Crippen LogP contribution is -2.15. The molecule has 0 rings (SSSR count). The first-order valence-electron chi connectivity index (χ1n) is 2.48. The summed E-state index contributed by atoms with van der Waals surface area (Å²) < 4.78 is 71.3. The molecule has 0 saturated heterocycles. The molecule has 0 aliphatic rings. The molecule has 0 nitrogen and oxygen atoms in total. The van der Waals surface area contributed by atoms with E-state index < -0.39 is 23.9 Å². The Labute approximate surface area is 78.6 Å². The molecular weight excluding hydrogens is 252 g/mol. The van der Waals surface area contributed by atoms with Crippen LogP contribution in [0.3, 0.4) is 0 Å². The molecule has 0 radical (unpaired) electrons. The summed E-state index contributed by atoms with van der Waals surface area (Å²) in [5, 5.41) is 0. The van der Waals surface area contributed by atoms with Gasteiger partial charge in [-0.05, 0) is 0 Å². The summed E-state index contributed by atoms with van der Waals surface area (Å²) in [5.41, 5.74) is 0. The van der Waals surface area contributed by atoms with Gasteiger partial charge in [0.05, 0.1) is 0 Å². The maximum Gasteiger partial charge on any atom is 0.416 e. The van der Waals surface area contributed by atoms with Gasteiger partial charge in [0, 0.05) is 0 Å². The Morgan fingerprint density at radius 2 is 1.15 bits per heavy atom. The summed E-state index contributed by atoms with van der Waals surface area (Å²) in [5.74, 6) is 0. The van der Waals surface area contributed by atoms with E-state index in [0.29, 0.717) is 0 Å². The highest BCUT2D eigenvalue weighted by atomic mass is 35.5. The van der Waals surface area contributed by atoms with Gasteiger partial charge in [0.25, 0.3) is 6.43 Å². The van der Waals surface area contributed by atoms with Crippen LogP contribution in [-0.4, -0.2) is 23.9 Å². The van der Waals surface area contributed by atoms with Gasteiger partial charge in [-0.25, -0.2) is 17.6 Å². The summed E-state index contributed by atoms with van der Waals surface area (Å²) in [6, 6.07) is 0. The summed E-state index contributed by atoms with van der Waals surface area (Å²) in [4.78, 5) is 0. The molecule has 9 heteroatoms. The Morgan fingerprint density at radius 3 is 1.15 bits per heavy atom. The fourth-order valence-corrected chi connectivity index (χ4v) is 0. The molecule has 0 N–H and O–H groups in total. The van der Waals surface area contributed by atoms with Crippen LogP contribution in [0.15, 0.2) is 0 Å². The Morgan fingerprint density at radius 1 is 1.00 bits per heavy atom. The minimum absolute atomic E-state index is 2.23. The number of alkyl halides is 9. The second-order valence-electron chi connectivity index (χ2n) is 1.59. The van der Waals surface area contributed by atoms with Gasteiger partial charge in [-0.1, -0.05) is 23.2 Å². The van der Waals surface area contributed by atoms with E-state index in [4.69, 9.17) is 0 Å². The third kappa shape index (κ3) is 14.9. The smallest absolute Gasteiger partial charge is 0.241 e. The molecule has 0 bridgehead atoms. The Bertz CT molecular complexity index is 125. The van der Waals surface area contributed by atoms with Gasteiger partial charge >= 0.3 is 10.8 Å². The zero-order chi connectivity index (χ0) is 11.3. The number of hydrogen-bond acceptors (Lipinski definition) is 0. The Kier molecular flexibility index (Phi) is 6.87. The van der Waals surface area contributed by atoms with Gasteiger partial charge in [-0.3, -0.25) is 0 Å².